The van der Waals surface area contributed by atoms with Gasteiger partial charge in [0.05, 0.1) is 5.52 Å². The first-order valence-corrected chi connectivity index (χ1v) is 8.94. The van der Waals surface area contributed by atoms with E-state index < -0.39 is 30.0 Å². The summed E-state index contributed by atoms with van der Waals surface area (Å²) in [5.74, 6) is -3.89. The molecule has 3 N–H and O–H groups in total. The Morgan fingerprint density at radius 3 is 2.09 bits per heavy atom. The van der Waals surface area contributed by atoms with E-state index in [1.807, 2.05) is 0 Å². The summed E-state index contributed by atoms with van der Waals surface area (Å²) >= 11 is 0. The van der Waals surface area contributed by atoms with Gasteiger partial charge in [0, 0.05) is 16.8 Å². The summed E-state index contributed by atoms with van der Waals surface area (Å²) in [5.41, 5.74) is -0.889. The van der Waals surface area contributed by atoms with Crippen LogP contribution in [0, 0.1) is 0 Å². The number of pyridine rings is 1. The quantitative estimate of drug-likeness (QED) is 0.337. The SMILES string of the molecule is O=C(O)C(F)(F)F.O=C(O)c1n[nH]c2c(Oc3cc(C(F)(F)F)nc4ccccc34)cccc12. The van der Waals surface area contributed by atoms with Crippen molar-refractivity contribution in [3.63, 3.8) is 0 Å². The molecule has 2 aromatic carbocycles. The lowest BCUT2D eigenvalue weighted by molar-refractivity contribution is -0.192. The van der Waals surface area contributed by atoms with E-state index in [0.717, 1.165) is 6.07 Å². The lowest BCUT2D eigenvalue weighted by Gasteiger charge is -2.13. The highest BCUT2D eigenvalue weighted by atomic mass is 19.4. The Morgan fingerprint density at radius 1 is 0.882 bits per heavy atom. The maximum absolute atomic E-state index is 13.2. The fraction of sp³-hybridized carbons (Fsp3) is 0.100. The molecule has 14 heteroatoms. The lowest BCUT2D eigenvalue weighted by atomic mass is 10.1. The second-order valence-electron chi connectivity index (χ2n) is 6.48. The molecule has 4 aromatic rings. The van der Waals surface area contributed by atoms with E-state index in [2.05, 4.69) is 15.2 Å². The van der Waals surface area contributed by atoms with Crippen molar-refractivity contribution in [2.75, 3.05) is 0 Å². The topological polar surface area (TPSA) is 125 Å². The van der Waals surface area contributed by atoms with E-state index in [9.17, 15) is 31.1 Å². The number of nitrogens with zero attached hydrogens (tertiary/aromatic N) is 2. The Hall–Kier alpha value is -4.36. The van der Waals surface area contributed by atoms with Gasteiger partial charge >= 0.3 is 24.3 Å². The molecular formula is C20H11F6N3O5. The van der Waals surface area contributed by atoms with Gasteiger partial charge in [-0.05, 0) is 18.2 Å². The first kappa shape index (κ1) is 24.3. The predicted octanol–water partition coefficient (Wildman–Crippen LogP) is 5.25. The number of halogens is 6. The zero-order valence-electron chi connectivity index (χ0n) is 16.4. The molecule has 0 amide bonds. The van der Waals surface area contributed by atoms with Crippen LogP contribution < -0.4 is 4.74 Å². The number of carboxylic acids is 2. The molecule has 8 nitrogen and oxygen atoms in total. The minimum absolute atomic E-state index is 0.0492. The smallest absolute Gasteiger partial charge is 0.476 e. The van der Waals surface area contributed by atoms with E-state index >= 15 is 0 Å². The Labute approximate surface area is 184 Å². The largest absolute Gasteiger partial charge is 0.490 e. The number of aliphatic carboxylic acids is 1. The van der Waals surface area contributed by atoms with Crippen molar-refractivity contribution in [3.05, 3.63) is 59.9 Å². The molecule has 0 aliphatic heterocycles. The third-order valence-corrected chi connectivity index (χ3v) is 4.19. The number of benzene rings is 2. The van der Waals surface area contributed by atoms with Crippen molar-refractivity contribution >= 4 is 33.7 Å². The molecule has 0 bridgehead atoms. The minimum atomic E-state index is -5.08. The number of aromatic amines is 1. The van der Waals surface area contributed by atoms with E-state index in [-0.39, 0.29) is 33.6 Å². The number of carbonyl (C=O) groups is 2. The summed E-state index contributed by atoms with van der Waals surface area (Å²) in [6.45, 7) is 0. The fourth-order valence-corrected chi connectivity index (χ4v) is 2.76. The molecule has 0 aliphatic carbocycles. The Bertz CT molecular complexity index is 1380. The minimum Gasteiger partial charge on any atom is -0.476 e. The Kier molecular flexibility index (Phi) is 6.34. The first-order chi connectivity index (χ1) is 15.8. The molecule has 0 spiro atoms. The summed E-state index contributed by atoms with van der Waals surface area (Å²) in [5, 5.41) is 23.2. The monoisotopic (exact) mass is 487 g/mol. The Balaban J connectivity index is 0.000000406. The van der Waals surface area contributed by atoms with Crippen LogP contribution in [0.5, 0.6) is 11.5 Å². The lowest BCUT2D eigenvalue weighted by Crippen LogP contribution is -2.21. The zero-order valence-corrected chi connectivity index (χ0v) is 16.4. The molecule has 0 radical (unpaired) electrons. The van der Waals surface area contributed by atoms with Crippen LogP contribution in [0.3, 0.4) is 0 Å². The van der Waals surface area contributed by atoms with Gasteiger partial charge in [0.2, 0.25) is 0 Å². The second-order valence-corrected chi connectivity index (χ2v) is 6.48. The van der Waals surface area contributed by atoms with Gasteiger partial charge in [-0.1, -0.05) is 24.3 Å². The van der Waals surface area contributed by atoms with Crippen molar-refractivity contribution in [1.82, 2.24) is 15.2 Å². The molecule has 0 atom stereocenters. The number of para-hydroxylation sites is 2. The number of H-pyrrole nitrogens is 1. The standard InChI is InChI=1S/C18H10F3N3O3.C2HF3O2/c19-18(20,21)14-8-13(9-4-1-2-6-11(9)22-14)27-12-7-3-5-10-15(12)23-24-16(10)17(25)26;3-2(4,5)1(6)7/h1-8H,(H,23,24)(H,25,26);(H,6,7). The molecule has 0 fully saturated rings. The van der Waals surface area contributed by atoms with Gasteiger partial charge in [0.1, 0.15) is 17.0 Å². The number of aromatic nitrogens is 3. The summed E-state index contributed by atoms with van der Waals surface area (Å²) in [6.07, 6.45) is -9.72. The molecule has 0 unspecified atom stereocenters. The second kappa shape index (κ2) is 8.88. The van der Waals surface area contributed by atoms with Crippen LogP contribution >= 0.6 is 0 Å². The van der Waals surface area contributed by atoms with Gasteiger partial charge in [0.15, 0.2) is 11.4 Å². The highest BCUT2D eigenvalue weighted by Crippen LogP contribution is 2.37. The third kappa shape index (κ3) is 5.16. The molecule has 0 saturated carbocycles. The van der Waals surface area contributed by atoms with Crippen LogP contribution in [-0.2, 0) is 11.0 Å². The van der Waals surface area contributed by atoms with Crippen molar-refractivity contribution < 1.29 is 50.9 Å². The van der Waals surface area contributed by atoms with Crippen LogP contribution in [0.2, 0.25) is 0 Å². The molecular weight excluding hydrogens is 476 g/mol. The van der Waals surface area contributed by atoms with E-state index in [1.165, 1.54) is 24.3 Å². The van der Waals surface area contributed by atoms with Gasteiger partial charge in [0.25, 0.3) is 0 Å². The third-order valence-electron chi connectivity index (χ3n) is 4.19. The molecule has 4 rings (SSSR count). The average molecular weight is 487 g/mol. The van der Waals surface area contributed by atoms with E-state index in [0.29, 0.717) is 5.39 Å². The van der Waals surface area contributed by atoms with Crippen molar-refractivity contribution in [1.29, 1.82) is 0 Å². The average Bonchev–Trinajstić information content (AvgIpc) is 3.18. The summed E-state index contributed by atoms with van der Waals surface area (Å²) in [6, 6.07) is 11.7. The zero-order chi connectivity index (χ0) is 25.3. The fourth-order valence-electron chi connectivity index (χ4n) is 2.76. The van der Waals surface area contributed by atoms with Crippen LogP contribution in [0.15, 0.2) is 48.5 Å². The summed E-state index contributed by atoms with van der Waals surface area (Å²) < 4.78 is 77.0. The molecule has 2 heterocycles. The summed E-state index contributed by atoms with van der Waals surface area (Å²) in [7, 11) is 0. The predicted molar refractivity (Wildman–Crippen MR) is 104 cm³/mol. The molecule has 0 aliphatic rings. The maximum Gasteiger partial charge on any atom is 0.490 e. The Morgan fingerprint density at radius 2 is 1.50 bits per heavy atom. The van der Waals surface area contributed by atoms with E-state index in [1.54, 1.807) is 18.2 Å². The number of ether oxygens (including phenoxy) is 1. The number of nitrogens with one attached hydrogen (secondary N) is 1. The molecule has 0 saturated heterocycles. The van der Waals surface area contributed by atoms with Crippen molar-refractivity contribution in [3.8, 4) is 11.5 Å². The maximum atomic E-state index is 13.2. The van der Waals surface area contributed by atoms with Gasteiger partial charge < -0.3 is 14.9 Å². The number of alkyl halides is 6. The number of fused-ring (bicyclic) bond motifs is 2. The van der Waals surface area contributed by atoms with Crippen molar-refractivity contribution in [2.45, 2.75) is 12.4 Å². The highest BCUT2D eigenvalue weighted by Gasteiger charge is 2.38. The van der Waals surface area contributed by atoms with Crippen LogP contribution in [-0.4, -0.2) is 43.5 Å². The highest BCUT2D eigenvalue weighted by molar-refractivity contribution is 6.02. The van der Waals surface area contributed by atoms with Gasteiger partial charge in [-0.2, -0.15) is 31.4 Å². The number of hydrogen-bond donors (Lipinski definition) is 3. The number of carboxylic acid groups (broad SMARTS) is 2. The number of rotatable bonds is 3. The van der Waals surface area contributed by atoms with E-state index in [4.69, 9.17) is 19.7 Å². The van der Waals surface area contributed by atoms with Gasteiger partial charge in [-0.15, -0.1) is 0 Å². The molecule has 2 aromatic heterocycles. The normalized spacial score (nSPS) is 11.7. The molecule has 34 heavy (non-hydrogen) atoms. The number of hydrogen-bond acceptors (Lipinski definition) is 5. The molecule has 178 valence electrons. The van der Waals surface area contributed by atoms with Gasteiger partial charge in [-0.3, -0.25) is 5.10 Å². The van der Waals surface area contributed by atoms with Crippen molar-refractivity contribution in [2.24, 2.45) is 0 Å². The van der Waals surface area contributed by atoms with Crippen LogP contribution in [0.1, 0.15) is 16.2 Å². The van der Waals surface area contributed by atoms with Gasteiger partial charge in [-0.25, -0.2) is 14.6 Å². The number of aromatic carboxylic acids is 1. The summed E-state index contributed by atoms with van der Waals surface area (Å²) in [4.78, 5) is 23.8. The first-order valence-electron chi connectivity index (χ1n) is 8.94. The van der Waals surface area contributed by atoms with Crippen LogP contribution in [0.4, 0.5) is 26.3 Å². The van der Waals surface area contributed by atoms with Crippen LogP contribution in [0.25, 0.3) is 21.8 Å².